The molecule has 0 radical (unpaired) electrons. The van der Waals surface area contributed by atoms with Gasteiger partial charge in [-0.2, -0.15) is 0 Å². The monoisotopic (exact) mass is 402 g/mol. The zero-order valence-corrected chi connectivity index (χ0v) is 18.3. The van der Waals surface area contributed by atoms with Gasteiger partial charge >= 0.3 is 17.9 Å². The average molecular weight is 403 g/mol. The fraction of sp³-hybridized carbons (Fsp3) is 0.857. The fourth-order valence-corrected chi connectivity index (χ4v) is 2.13. The van der Waals surface area contributed by atoms with Gasteiger partial charge in [-0.05, 0) is 37.0 Å². The van der Waals surface area contributed by atoms with Gasteiger partial charge in [-0.3, -0.25) is 9.59 Å². The molecule has 0 aromatic heterocycles. The van der Waals surface area contributed by atoms with E-state index in [1.807, 2.05) is 41.5 Å². The van der Waals surface area contributed by atoms with Crippen molar-refractivity contribution in [3.8, 4) is 0 Å². The Morgan fingerprint density at radius 1 is 0.679 bits per heavy atom. The molecule has 0 saturated carbocycles. The maximum atomic E-state index is 12.4. The third-order valence-electron chi connectivity index (χ3n) is 4.10. The summed E-state index contributed by atoms with van der Waals surface area (Å²) in [6.45, 7) is 12.4. The molecule has 0 fully saturated rings. The molecular weight excluding hydrogens is 364 g/mol. The van der Waals surface area contributed by atoms with Gasteiger partial charge in [0.1, 0.15) is 0 Å². The van der Waals surface area contributed by atoms with E-state index in [9.17, 15) is 19.5 Å². The van der Waals surface area contributed by atoms with Crippen molar-refractivity contribution < 1.29 is 33.7 Å². The molecule has 7 heteroatoms. The Bertz CT molecular complexity index is 455. The number of aliphatic hydroxyl groups is 1. The molecule has 0 aromatic carbocycles. The molecule has 0 saturated heterocycles. The van der Waals surface area contributed by atoms with E-state index in [1.54, 1.807) is 0 Å². The molecule has 0 atom stereocenters. The van der Waals surface area contributed by atoms with E-state index in [-0.39, 0.29) is 19.8 Å². The molecule has 1 N–H and O–H groups in total. The van der Waals surface area contributed by atoms with Crippen molar-refractivity contribution in [2.45, 2.75) is 79.2 Å². The van der Waals surface area contributed by atoms with Crippen LogP contribution in [0, 0.1) is 17.8 Å². The van der Waals surface area contributed by atoms with Crippen molar-refractivity contribution >= 4 is 17.9 Å². The van der Waals surface area contributed by atoms with E-state index in [0.29, 0.717) is 37.0 Å². The third kappa shape index (κ3) is 12.7. The Hall–Kier alpha value is -1.63. The van der Waals surface area contributed by atoms with Crippen molar-refractivity contribution in [3.05, 3.63) is 0 Å². The topological polar surface area (TPSA) is 99.1 Å². The first kappa shape index (κ1) is 26.4. The fourth-order valence-electron chi connectivity index (χ4n) is 2.13. The van der Waals surface area contributed by atoms with Crippen LogP contribution in [0.5, 0.6) is 0 Å². The highest BCUT2D eigenvalue weighted by atomic mass is 16.6. The van der Waals surface area contributed by atoms with Crippen LogP contribution in [0.2, 0.25) is 0 Å². The predicted octanol–water partition coefficient (Wildman–Crippen LogP) is 3.27. The largest absolute Gasteiger partial charge is 0.466 e. The minimum atomic E-state index is -2.29. The normalized spacial score (nSPS) is 11.8. The quantitative estimate of drug-likeness (QED) is 0.352. The van der Waals surface area contributed by atoms with Gasteiger partial charge in [0.15, 0.2) is 5.60 Å². The van der Waals surface area contributed by atoms with Crippen LogP contribution < -0.4 is 0 Å². The van der Waals surface area contributed by atoms with Gasteiger partial charge in [0.2, 0.25) is 0 Å². The highest BCUT2D eigenvalue weighted by molar-refractivity contribution is 5.90. The minimum Gasteiger partial charge on any atom is -0.466 e. The van der Waals surface area contributed by atoms with E-state index in [2.05, 4.69) is 0 Å². The van der Waals surface area contributed by atoms with E-state index in [4.69, 9.17) is 14.2 Å². The summed E-state index contributed by atoms with van der Waals surface area (Å²) in [5, 5.41) is 10.7. The van der Waals surface area contributed by atoms with Gasteiger partial charge in [0.25, 0.3) is 0 Å². The molecular formula is C21H38O7. The van der Waals surface area contributed by atoms with E-state index < -0.39 is 36.4 Å². The lowest BCUT2D eigenvalue weighted by Crippen LogP contribution is -2.45. The molecule has 28 heavy (non-hydrogen) atoms. The van der Waals surface area contributed by atoms with Crippen LogP contribution in [0.4, 0.5) is 0 Å². The molecule has 0 heterocycles. The summed E-state index contributed by atoms with van der Waals surface area (Å²) in [6, 6.07) is 0. The first-order valence-electron chi connectivity index (χ1n) is 10.2. The number of ether oxygens (including phenoxy) is 3. The lowest BCUT2D eigenvalue weighted by molar-refractivity contribution is -0.178. The number of carbonyl (C=O) groups is 3. The molecule has 7 nitrogen and oxygen atoms in total. The summed E-state index contributed by atoms with van der Waals surface area (Å²) in [5.41, 5.74) is -2.29. The maximum absolute atomic E-state index is 12.4. The molecule has 0 aliphatic carbocycles. The second-order valence-electron chi connectivity index (χ2n) is 8.51. The molecule has 0 aliphatic rings. The second kappa shape index (κ2) is 13.5. The van der Waals surface area contributed by atoms with Crippen molar-refractivity contribution in [2.75, 3.05) is 19.8 Å². The zero-order chi connectivity index (χ0) is 21.7. The number of esters is 3. The van der Waals surface area contributed by atoms with Crippen LogP contribution in [0.1, 0.15) is 73.6 Å². The smallest absolute Gasteiger partial charge is 0.339 e. The summed E-state index contributed by atoms with van der Waals surface area (Å²) in [5.74, 6) is -1.50. The Kier molecular flexibility index (Phi) is 12.7. The summed E-state index contributed by atoms with van der Waals surface area (Å²) in [6.07, 6.45) is 0.649. The van der Waals surface area contributed by atoms with Gasteiger partial charge in [-0.1, -0.05) is 41.5 Å². The Labute approximate surface area is 169 Å². The van der Waals surface area contributed by atoms with Crippen LogP contribution in [0.25, 0.3) is 0 Å². The van der Waals surface area contributed by atoms with Crippen LogP contribution in [-0.4, -0.2) is 48.4 Å². The van der Waals surface area contributed by atoms with Crippen molar-refractivity contribution in [1.29, 1.82) is 0 Å². The summed E-state index contributed by atoms with van der Waals surface area (Å²) in [7, 11) is 0. The summed E-state index contributed by atoms with van der Waals surface area (Å²) in [4.78, 5) is 36.5. The van der Waals surface area contributed by atoms with Crippen molar-refractivity contribution in [3.63, 3.8) is 0 Å². The average Bonchev–Trinajstić information content (AvgIpc) is 2.53. The summed E-state index contributed by atoms with van der Waals surface area (Å²) < 4.78 is 15.3. The lowest BCUT2D eigenvalue weighted by atomic mass is 9.95. The molecule has 0 unspecified atom stereocenters. The van der Waals surface area contributed by atoms with Gasteiger partial charge in [0, 0.05) is 0 Å². The second-order valence-corrected chi connectivity index (χ2v) is 8.51. The predicted molar refractivity (Wildman–Crippen MR) is 105 cm³/mol. The first-order valence-corrected chi connectivity index (χ1v) is 10.2. The van der Waals surface area contributed by atoms with Crippen LogP contribution in [-0.2, 0) is 28.6 Å². The number of hydrogen-bond acceptors (Lipinski definition) is 7. The number of carbonyl (C=O) groups excluding carboxylic acids is 3. The SMILES string of the molecule is CC(C)CCOC(=O)CC(O)(CC(=O)OCCC(C)C)C(=O)OCCC(C)C. The van der Waals surface area contributed by atoms with E-state index >= 15 is 0 Å². The Morgan fingerprint density at radius 2 is 1.00 bits per heavy atom. The number of rotatable bonds is 14. The molecule has 164 valence electrons. The van der Waals surface area contributed by atoms with Gasteiger partial charge in [-0.15, -0.1) is 0 Å². The molecule has 0 bridgehead atoms. The summed E-state index contributed by atoms with van der Waals surface area (Å²) >= 11 is 0. The zero-order valence-electron chi connectivity index (χ0n) is 18.3. The van der Waals surface area contributed by atoms with Crippen molar-refractivity contribution in [2.24, 2.45) is 17.8 Å². The molecule has 0 aromatic rings. The van der Waals surface area contributed by atoms with Crippen LogP contribution >= 0.6 is 0 Å². The lowest BCUT2D eigenvalue weighted by Gasteiger charge is -2.24. The highest BCUT2D eigenvalue weighted by Crippen LogP contribution is 2.21. The molecule has 0 aliphatic heterocycles. The maximum Gasteiger partial charge on any atom is 0.339 e. The standard InChI is InChI=1S/C21H38O7/c1-15(2)7-10-26-18(22)13-21(25,20(24)28-12-9-17(5)6)14-19(23)27-11-8-16(3)4/h15-17,25H,7-14H2,1-6H3. The van der Waals surface area contributed by atoms with Gasteiger partial charge in [0.05, 0.1) is 32.7 Å². The Morgan fingerprint density at radius 3 is 1.32 bits per heavy atom. The van der Waals surface area contributed by atoms with Gasteiger partial charge in [-0.25, -0.2) is 4.79 Å². The molecule has 0 rings (SSSR count). The van der Waals surface area contributed by atoms with Crippen molar-refractivity contribution in [1.82, 2.24) is 0 Å². The first-order chi connectivity index (χ1) is 13.0. The third-order valence-corrected chi connectivity index (χ3v) is 4.10. The highest BCUT2D eigenvalue weighted by Gasteiger charge is 2.43. The van der Waals surface area contributed by atoms with Crippen LogP contribution in [0.3, 0.4) is 0 Å². The number of hydrogen-bond donors (Lipinski definition) is 1. The molecule has 0 amide bonds. The Balaban J connectivity index is 4.90. The van der Waals surface area contributed by atoms with Gasteiger partial charge < -0.3 is 19.3 Å². The van der Waals surface area contributed by atoms with E-state index in [1.165, 1.54) is 0 Å². The molecule has 0 spiro atoms. The van der Waals surface area contributed by atoms with E-state index in [0.717, 1.165) is 0 Å². The van der Waals surface area contributed by atoms with Crippen LogP contribution in [0.15, 0.2) is 0 Å². The minimum absolute atomic E-state index is 0.101.